The summed E-state index contributed by atoms with van der Waals surface area (Å²) in [6.45, 7) is 4.40. The number of aryl methyl sites for hydroxylation is 2. The Labute approximate surface area is 150 Å². The minimum atomic E-state index is 0. The van der Waals surface area contributed by atoms with Crippen LogP contribution in [0, 0.1) is 13.8 Å². The summed E-state index contributed by atoms with van der Waals surface area (Å²) < 4.78 is 1.89. The Kier molecular flexibility index (Phi) is 7.01. The number of benzene rings is 1. The molecule has 0 saturated heterocycles. The van der Waals surface area contributed by atoms with E-state index in [2.05, 4.69) is 0 Å². The van der Waals surface area contributed by atoms with E-state index in [1.165, 1.54) is 0 Å². The van der Waals surface area contributed by atoms with Crippen LogP contribution >= 0.6 is 11.6 Å². The first-order valence-corrected chi connectivity index (χ1v) is 6.65. The van der Waals surface area contributed by atoms with E-state index < -0.39 is 0 Å². The van der Waals surface area contributed by atoms with Crippen molar-refractivity contribution < 1.29 is 42.1 Å². The second-order valence-corrected chi connectivity index (χ2v) is 5.22. The smallest absolute Gasteiger partial charge is 0.206 e. The van der Waals surface area contributed by atoms with Crippen molar-refractivity contribution in [3.63, 3.8) is 0 Å². The quantitative estimate of drug-likeness (QED) is 0.765. The summed E-state index contributed by atoms with van der Waals surface area (Å²) in [7, 11) is 0. The van der Waals surface area contributed by atoms with Gasteiger partial charge in [-0.25, -0.2) is 0 Å². The number of halogens is 1. The summed E-state index contributed by atoms with van der Waals surface area (Å²) in [6.07, 6.45) is 4.26. The maximum absolute atomic E-state index is 12.1. The van der Waals surface area contributed by atoms with Gasteiger partial charge in [0.25, 0.3) is 0 Å². The van der Waals surface area contributed by atoms with Crippen molar-refractivity contribution >= 4 is 17.4 Å². The van der Waals surface area contributed by atoms with Crippen molar-refractivity contribution in [3.05, 3.63) is 64.4 Å². The van der Waals surface area contributed by atoms with Gasteiger partial charge in [0.2, 0.25) is 12.3 Å². The molecule has 4 heteroatoms. The number of ketones is 1. The standard InChI is InChI=1S/C16H17ClNO.Y/c1-12-8-14(17)9-13(2)16(12)10-15(19)11-18-6-4-3-5-7-18;/h3-9H,10-11H2,1-2H3;/q+1;. The molecular weight excluding hydrogens is 347 g/mol. The third-order valence-corrected chi connectivity index (χ3v) is 3.39. The molecule has 1 aromatic heterocycles. The van der Waals surface area contributed by atoms with Crippen LogP contribution in [0.4, 0.5) is 0 Å². The number of hydrogen-bond acceptors (Lipinski definition) is 1. The number of aromatic nitrogens is 1. The topological polar surface area (TPSA) is 20.9 Å². The van der Waals surface area contributed by atoms with Gasteiger partial charge in [-0.3, -0.25) is 4.79 Å². The van der Waals surface area contributed by atoms with Gasteiger partial charge in [-0.1, -0.05) is 17.7 Å². The summed E-state index contributed by atoms with van der Waals surface area (Å²) in [5, 5.41) is 0.726. The fraction of sp³-hybridized carbons (Fsp3) is 0.250. The molecule has 0 fully saturated rings. The van der Waals surface area contributed by atoms with Gasteiger partial charge in [0, 0.05) is 56.3 Å². The minimum Gasteiger partial charge on any atom is -0.292 e. The van der Waals surface area contributed by atoms with Gasteiger partial charge >= 0.3 is 0 Å². The van der Waals surface area contributed by atoms with Crippen molar-refractivity contribution in [2.45, 2.75) is 26.8 Å². The molecule has 0 aliphatic carbocycles. The van der Waals surface area contributed by atoms with Crippen LogP contribution in [0.3, 0.4) is 0 Å². The number of carbonyl (C=O) groups excluding carboxylic acids is 1. The molecule has 2 aromatic rings. The summed E-state index contributed by atoms with van der Waals surface area (Å²) in [4.78, 5) is 12.1. The SMILES string of the molecule is Cc1cc(Cl)cc(C)c1CC(=O)C[n+]1ccccc1.[Y]. The monoisotopic (exact) mass is 363 g/mol. The largest absolute Gasteiger partial charge is 0.292 e. The summed E-state index contributed by atoms with van der Waals surface area (Å²) in [6, 6.07) is 9.60. The van der Waals surface area contributed by atoms with Gasteiger partial charge in [-0.15, -0.1) is 0 Å². The second kappa shape index (κ2) is 8.02. The van der Waals surface area contributed by atoms with Crippen LogP contribution in [-0.4, -0.2) is 5.78 Å². The maximum atomic E-state index is 12.1. The number of carbonyl (C=O) groups is 1. The van der Waals surface area contributed by atoms with Crippen LogP contribution in [0.2, 0.25) is 5.02 Å². The van der Waals surface area contributed by atoms with E-state index in [4.69, 9.17) is 11.6 Å². The Hall–Kier alpha value is -0.566. The van der Waals surface area contributed by atoms with Gasteiger partial charge in [-0.2, -0.15) is 4.57 Å². The Bertz CT molecular complexity index is 576. The van der Waals surface area contributed by atoms with Crippen LogP contribution in [0.25, 0.3) is 0 Å². The molecule has 1 radical (unpaired) electrons. The van der Waals surface area contributed by atoms with E-state index in [1.807, 2.05) is 61.1 Å². The zero-order chi connectivity index (χ0) is 13.8. The van der Waals surface area contributed by atoms with E-state index in [0.29, 0.717) is 13.0 Å². The maximum Gasteiger partial charge on any atom is 0.206 e. The summed E-state index contributed by atoms with van der Waals surface area (Å²) in [5.74, 6) is 0.199. The molecule has 1 heterocycles. The van der Waals surface area contributed by atoms with Crippen LogP contribution in [0.5, 0.6) is 0 Å². The number of nitrogens with zero attached hydrogens (tertiary/aromatic N) is 1. The third kappa shape index (κ3) is 4.77. The van der Waals surface area contributed by atoms with Crippen LogP contribution in [0.15, 0.2) is 42.7 Å². The summed E-state index contributed by atoms with van der Waals surface area (Å²) >= 11 is 6.00. The third-order valence-electron chi connectivity index (χ3n) is 3.17. The first-order chi connectivity index (χ1) is 9.06. The molecule has 0 N–H and O–H groups in total. The zero-order valence-corrected chi connectivity index (χ0v) is 15.4. The Morgan fingerprint density at radius 3 is 2.20 bits per heavy atom. The molecule has 2 nitrogen and oxygen atoms in total. The second-order valence-electron chi connectivity index (χ2n) is 4.78. The number of pyridine rings is 1. The van der Waals surface area contributed by atoms with Crippen molar-refractivity contribution in [1.29, 1.82) is 0 Å². The van der Waals surface area contributed by atoms with Crippen molar-refractivity contribution in [2.75, 3.05) is 0 Å². The van der Waals surface area contributed by atoms with Crippen molar-refractivity contribution in [1.82, 2.24) is 0 Å². The minimum absolute atomic E-state index is 0. The molecule has 0 bridgehead atoms. The van der Waals surface area contributed by atoms with Crippen LogP contribution in [0.1, 0.15) is 16.7 Å². The normalized spacial score (nSPS) is 9.95. The molecule has 101 valence electrons. The number of hydrogen-bond donors (Lipinski definition) is 0. The van der Waals surface area contributed by atoms with E-state index >= 15 is 0 Å². The molecule has 1 aromatic carbocycles. The fourth-order valence-electron chi connectivity index (χ4n) is 2.22. The van der Waals surface area contributed by atoms with E-state index in [-0.39, 0.29) is 38.5 Å². The van der Waals surface area contributed by atoms with E-state index in [9.17, 15) is 4.79 Å². The fourth-order valence-corrected chi connectivity index (χ4v) is 2.54. The molecule has 20 heavy (non-hydrogen) atoms. The van der Waals surface area contributed by atoms with E-state index in [1.54, 1.807) is 0 Å². The molecular formula is C16H17ClNOY+. The Balaban J connectivity index is 0.00000200. The van der Waals surface area contributed by atoms with E-state index in [0.717, 1.165) is 21.7 Å². The first-order valence-electron chi connectivity index (χ1n) is 6.27. The zero-order valence-electron chi connectivity index (χ0n) is 11.8. The van der Waals surface area contributed by atoms with Gasteiger partial charge in [0.1, 0.15) is 0 Å². The van der Waals surface area contributed by atoms with Gasteiger partial charge in [0.15, 0.2) is 12.4 Å². The number of Topliss-reactive ketones (excluding diaryl/α,β-unsaturated/α-hetero) is 1. The molecule has 0 amide bonds. The van der Waals surface area contributed by atoms with Crippen molar-refractivity contribution in [2.24, 2.45) is 0 Å². The number of rotatable bonds is 4. The molecule has 0 atom stereocenters. The molecule has 2 rings (SSSR count). The van der Waals surface area contributed by atoms with Gasteiger partial charge in [-0.05, 0) is 42.7 Å². The molecule has 0 saturated carbocycles. The van der Waals surface area contributed by atoms with Gasteiger partial charge < -0.3 is 0 Å². The molecule has 0 spiro atoms. The summed E-state index contributed by atoms with van der Waals surface area (Å²) in [5.41, 5.74) is 3.25. The average molecular weight is 364 g/mol. The average Bonchev–Trinajstić information content (AvgIpc) is 2.35. The van der Waals surface area contributed by atoms with Crippen LogP contribution in [-0.2, 0) is 50.5 Å². The van der Waals surface area contributed by atoms with Crippen molar-refractivity contribution in [3.8, 4) is 0 Å². The molecule has 0 aliphatic heterocycles. The Morgan fingerprint density at radius 1 is 1.10 bits per heavy atom. The predicted octanol–water partition coefficient (Wildman–Crippen LogP) is 3.05. The predicted molar refractivity (Wildman–Crippen MR) is 76.3 cm³/mol. The molecule has 0 aliphatic rings. The molecule has 0 unspecified atom stereocenters. The first kappa shape index (κ1) is 17.5. The van der Waals surface area contributed by atoms with Crippen LogP contribution < -0.4 is 4.57 Å². The Morgan fingerprint density at radius 2 is 1.65 bits per heavy atom. The van der Waals surface area contributed by atoms with Gasteiger partial charge in [0.05, 0.1) is 0 Å².